The highest BCUT2D eigenvalue weighted by atomic mass is 32.2. The van der Waals surface area contributed by atoms with Crippen molar-refractivity contribution in [3.05, 3.63) is 59.7 Å². The van der Waals surface area contributed by atoms with Gasteiger partial charge < -0.3 is 14.8 Å². The largest absolute Gasteiger partial charge is 0.492 e. The molecule has 2 aromatic carbocycles. The highest BCUT2D eigenvalue weighted by Gasteiger charge is 2.31. The molecule has 0 bridgehead atoms. The molecule has 0 saturated heterocycles. The molecule has 0 unspecified atom stereocenters. The summed E-state index contributed by atoms with van der Waals surface area (Å²) in [5, 5.41) is 3.38. The Kier molecular flexibility index (Phi) is 6.61. The molecular weight excluding hydrogens is 400 g/mol. The first-order chi connectivity index (χ1) is 14.5. The van der Waals surface area contributed by atoms with Crippen molar-refractivity contribution in [2.24, 2.45) is 5.92 Å². The van der Waals surface area contributed by atoms with Crippen LogP contribution in [0.2, 0.25) is 0 Å². The molecule has 1 aliphatic carbocycles. The van der Waals surface area contributed by atoms with Crippen molar-refractivity contribution in [2.75, 3.05) is 32.6 Å². The summed E-state index contributed by atoms with van der Waals surface area (Å²) < 4.78 is 38.4. The summed E-state index contributed by atoms with van der Waals surface area (Å²) >= 11 is 0. The van der Waals surface area contributed by atoms with E-state index in [1.807, 2.05) is 31.3 Å². The van der Waals surface area contributed by atoms with Crippen molar-refractivity contribution in [1.82, 2.24) is 10.0 Å². The van der Waals surface area contributed by atoms with Gasteiger partial charge in [0.2, 0.25) is 10.0 Å². The van der Waals surface area contributed by atoms with Crippen LogP contribution >= 0.6 is 0 Å². The molecule has 4 rings (SSSR count). The Bertz CT molecular complexity index is 945. The molecule has 1 aliphatic heterocycles. The highest BCUT2D eigenvalue weighted by Crippen LogP contribution is 2.38. The zero-order valence-corrected chi connectivity index (χ0v) is 18.2. The van der Waals surface area contributed by atoms with Crippen LogP contribution in [0.15, 0.2) is 48.5 Å². The molecule has 1 saturated carbocycles. The fourth-order valence-electron chi connectivity index (χ4n) is 3.97. The highest BCUT2D eigenvalue weighted by molar-refractivity contribution is 7.89. The second kappa shape index (κ2) is 9.37. The van der Waals surface area contributed by atoms with Gasteiger partial charge in [0.1, 0.15) is 24.7 Å². The lowest BCUT2D eigenvalue weighted by atomic mass is 9.84. The van der Waals surface area contributed by atoms with Crippen LogP contribution in [-0.2, 0) is 16.4 Å². The van der Waals surface area contributed by atoms with Gasteiger partial charge in [-0.05, 0) is 56.0 Å². The van der Waals surface area contributed by atoms with Crippen molar-refractivity contribution < 1.29 is 17.9 Å². The second-order valence-corrected chi connectivity index (χ2v) is 10.0. The second-order valence-electron chi connectivity index (χ2n) is 8.17. The van der Waals surface area contributed by atoms with E-state index >= 15 is 0 Å². The van der Waals surface area contributed by atoms with E-state index in [0.29, 0.717) is 19.1 Å². The molecule has 0 amide bonds. The number of fused-ring (bicyclic) bond motifs is 1. The lowest BCUT2D eigenvalue weighted by molar-refractivity contribution is 0.217. The number of benzene rings is 2. The fourth-order valence-corrected chi connectivity index (χ4v) is 5.44. The monoisotopic (exact) mass is 430 g/mol. The van der Waals surface area contributed by atoms with Crippen LogP contribution in [0.3, 0.4) is 0 Å². The Hall–Kier alpha value is -2.09. The van der Waals surface area contributed by atoms with Gasteiger partial charge >= 0.3 is 0 Å². The Morgan fingerprint density at radius 2 is 1.93 bits per heavy atom. The molecule has 0 spiro atoms. The van der Waals surface area contributed by atoms with E-state index in [1.54, 1.807) is 0 Å². The van der Waals surface area contributed by atoms with Gasteiger partial charge in [-0.2, -0.15) is 0 Å². The molecule has 0 aromatic heterocycles. The Morgan fingerprint density at radius 3 is 2.67 bits per heavy atom. The molecule has 0 radical (unpaired) electrons. The van der Waals surface area contributed by atoms with Crippen LogP contribution in [0, 0.1) is 5.92 Å². The van der Waals surface area contributed by atoms with Crippen molar-refractivity contribution in [3.63, 3.8) is 0 Å². The smallest absolute Gasteiger partial charge is 0.211 e. The SMILES string of the molecule is CN[C@H]1COc2ccc(OCCNS(=O)(=O)CC3CC3)cc2[C@H]1Cc1ccccc1. The van der Waals surface area contributed by atoms with E-state index in [2.05, 4.69) is 34.3 Å². The van der Waals surface area contributed by atoms with Gasteiger partial charge in [0.05, 0.1) is 5.75 Å². The van der Waals surface area contributed by atoms with Crippen molar-refractivity contribution in [2.45, 2.75) is 31.2 Å². The van der Waals surface area contributed by atoms with Crippen molar-refractivity contribution >= 4 is 10.0 Å². The van der Waals surface area contributed by atoms with Crippen LogP contribution in [0.4, 0.5) is 0 Å². The molecule has 2 aliphatic rings. The first-order valence-corrected chi connectivity index (χ1v) is 12.3. The number of hydrogen-bond acceptors (Lipinski definition) is 5. The van der Waals surface area contributed by atoms with Gasteiger partial charge in [-0.1, -0.05) is 30.3 Å². The minimum atomic E-state index is -3.20. The summed E-state index contributed by atoms with van der Waals surface area (Å²) in [6.07, 6.45) is 2.95. The number of rotatable bonds is 10. The molecule has 162 valence electrons. The maximum Gasteiger partial charge on any atom is 0.211 e. The first kappa shape index (κ1) is 21.2. The van der Waals surface area contributed by atoms with Gasteiger partial charge in [-0.15, -0.1) is 0 Å². The molecule has 6 nitrogen and oxygen atoms in total. The zero-order chi connectivity index (χ0) is 21.0. The minimum Gasteiger partial charge on any atom is -0.492 e. The Labute approximate surface area is 179 Å². The van der Waals surface area contributed by atoms with Crippen molar-refractivity contribution in [1.29, 1.82) is 0 Å². The third-order valence-corrected chi connectivity index (χ3v) is 7.35. The summed E-state index contributed by atoms with van der Waals surface area (Å²) in [5.74, 6) is 2.46. The topological polar surface area (TPSA) is 76.7 Å². The van der Waals surface area contributed by atoms with E-state index in [9.17, 15) is 8.42 Å². The van der Waals surface area contributed by atoms with Crippen molar-refractivity contribution in [3.8, 4) is 11.5 Å². The van der Waals surface area contributed by atoms with E-state index in [4.69, 9.17) is 9.47 Å². The molecule has 2 aromatic rings. The van der Waals surface area contributed by atoms with Crippen LogP contribution < -0.4 is 19.5 Å². The predicted octanol–water partition coefficient (Wildman–Crippen LogP) is 2.70. The summed E-state index contributed by atoms with van der Waals surface area (Å²) in [7, 11) is -1.24. The molecular formula is C23H30N2O4S. The van der Waals surface area contributed by atoms with Crippen LogP contribution in [0.5, 0.6) is 11.5 Å². The van der Waals surface area contributed by atoms with Gasteiger partial charge in [-0.25, -0.2) is 13.1 Å². The summed E-state index contributed by atoms with van der Waals surface area (Å²) in [4.78, 5) is 0. The van der Waals surface area contributed by atoms with Gasteiger partial charge in [0.25, 0.3) is 0 Å². The average molecular weight is 431 g/mol. The normalized spacial score (nSPS) is 21.0. The maximum absolute atomic E-state index is 12.0. The molecule has 1 fully saturated rings. The number of ether oxygens (including phenoxy) is 2. The van der Waals surface area contributed by atoms with Crippen LogP contribution in [0.1, 0.15) is 29.9 Å². The molecule has 2 N–H and O–H groups in total. The number of likely N-dealkylation sites (N-methyl/N-ethyl adjacent to an activating group) is 1. The number of sulfonamides is 1. The predicted molar refractivity (Wildman–Crippen MR) is 118 cm³/mol. The molecule has 30 heavy (non-hydrogen) atoms. The van der Waals surface area contributed by atoms with Crippen LogP contribution in [-0.4, -0.2) is 47.0 Å². The summed E-state index contributed by atoms with van der Waals surface area (Å²) in [6.45, 7) is 1.20. The quantitative estimate of drug-likeness (QED) is 0.567. The van der Waals surface area contributed by atoms with E-state index in [1.165, 1.54) is 5.56 Å². The van der Waals surface area contributed by atoms with E-state index in [-0.39, 0.29) is 24.3 Å². The molecule has 2 atom stereocenters. The van der Waals surface area contributed by atoms with Crippen LogP contribution in [0.25, 0.3) is 0 Å². The number of nitrogens with one attached hydrogen (secondary N) is 2. The molecule has 7 heteroatoms. The Balaban J connectivity index is 1.41. The third-order valence-electron chi connectivity index (χ3n) is 5.80. The first-order valence-electron chi connectivity index (χ1n) is 10.6. The lowest BCUT2D eigenvalue weighted by Gasteiger charge is -2.34. The summed E-state index contributed by atoms with van der Waals surface area (Å²) in [6, 6.07) is 16.5. The third kappa shape index (κ3) is 5.53. The van der Waals surface area contributed by atoms with Gasteiger partial charge in [0, 0.05) is 24.1 Å². The van der Waals surface area contributed by atoms with Gasteiger partial charge in [-0.3, -0.25) is 0 Å². The maximum atomic E-state index is 12.0. The van der Waals surface area contributed by atoms with E-state index in [0.717, 1.165) is 36.3 Å². The van der Waals surface area contributed by atoms with Gasteiger partial charge in [0.15, 0.2) is 0 Å². The molecule has 1 heterocycles. The summed E-state index contributed by atoms with van der Waals surface area (Å²) in [5.41, 5.74) is 2.41. The number of hydrogen-bond donors (Lipinski definition) is 2. The van der Waals surface area contributed by atoms with E-state index < -0.39 is 10.0 Å². The zero-order valence-electron chi connectivity index (χ0n) is 17.3. The lowest BCUT2D eigenvalue weighted by Crippen LogP contribution is -2.41. The minimum absolute atomic E-state index is 0.210. The Morgan fingerprint density at radius 1 is 1.13 bits per heavy atom. The average Bonchev–Trinajstić information content (AvgIpc) is 3.55. The fraction of sp³-hybridized carbons (Fsp3) is 0.478. The standard InChI is InChI=1S/C23H30N2O4S/c1-24-22-15-29-23-10-9-19(28-12-11-25-30(26,27)16-18-7-8-18)14-21(23)20(22)13-17-5-3-2-4-6-17/h2-6,9-10,14,18,20,22,24-25H,7-8,11-13,15-16H2,1H3/t20-,22+/m1/s1.